The van der Waals surface area contributed by atoms with Crippen LogP contribution in [-0.4, -0.2) is 81.5 Å². The lowest BCUT2D eigenvalue weighted by atomic mass is 9.41. The predicted octanol–water partition coefficient (Wildman–Crippen LogP) is 11.7. The minimum atomic E-state index is -2.54. The van der Waals surface area contributed by atoms with Gasteiger partial charge in [0.15, 0.2) is 18.4 Å². The molecule has 6 bridgehead atoms. The highest BCUT2D eigenvalue weighted by atomic mass is 28.4. The van der Waals surface area contributed by atoms with Crippen LogP contribution in [0.25, 0.3) is 0 Å². The highest BCUT2D eigenvalue weighted by molar-refractivity contribution is 6.77. The van der Waals surface area contributed by atoms with Crippen LogP contribution in [-0.2, 0) is 73.5 Å². The molecule has 3 aliphatic carbocycles. The zero-order valence-electron chi connectivity index (χ0n) is 42.9. The first-order valence-corrected chi connectivity index (χ1v) is 28.2. The summed E-state index contributed by atoms with van der Waals surface area (Å²) in [6, 6.07) is 49.6. The van der Waals surface area contributed by atoms with Gasteiger partial charge in [0.25, 0.3) is 0 Å². The number of hydrogen-bond acceptors (Lipinski definition) is 11. The van der Waals surface area contributed by atoms with Crippen LogP contribution in [0, 0.1) is 11.3 Å². The molecule has 11 nitrogen and oxygen atoms in total. The Kier molecular flexibility index (Phi) is 14.8. The highest BCUT2D eigenvalue weighted by Crippen LogP contribution is 2.83. The van der Waals surface area contributed by atoms with E-state index in [1.54, 1.807) is 12.1 Å². The van der Waals surface area contributed by atoms with Crippen molar-refractivity contribution in [3.63, 3.8) is 0 Å². The summed E-state index contributed by atoms with van der Waals surface area (Å²) in [4.78, 5) is 14.0. The summed E-state index contributed by atoms with van der Waals surface area (Å²) < 4.78 is 71.7. The highest BCUT2D eigenvalue weighted by Gasteiger charge is 2.95. The van der Waals surface area contributed by atoms with Gasteiger partial charge in [-0.3, -0.25) is 0 Å². The quantitative estimate of drug-likeness (QED) is 0.0461. The van der Waals surface area contributed by atoms with E-state index in [9.17, 15) is 4.79 Å². The fraction of sp³-hybridized carbons (Fsp3) is 0.483. The third-order valence-corrected chi connectivity index (χ3v) is 22.7. The maximum atomic E-state index is 14.0. The molecule has 11 atom stereocenters. The van der Waals surface area contributed by atoms with Crippen LogP contribution in [0.3, 0.4) is 0 Å². The van der Waals surface area contributed by atoms with E-state index < -0.39 is 73.7 Å². The van der Waals surface area contributed by atoms with E-state index >= 15 is 0 Å². The zero-order valence-corrected chi connectivity index (χ0v) is 43.9. The maximum absolute atomic E-state index is 14.0. The molecule has 0 aromatic heterocycles. The van der Waals surface area contributed by atoms with Gasteiger partial charge in [-0.25, -0.2) is 4.79 Å². The van der Waals surface area contributed by atoms with Gasteiger partial charge in [0, 0.05) is 12.3 Å². The number of benzene rings is 5. The summed E-state index contributed by atoms with van der Waals surface area (Å²) in [5.74, 6) is -1.63. The van der Waals surface area contributed by atoms with Gasteiger partial charge in [-0.2, -0.15) is 0 Å². The first kappa shape index (κ1) is 50.9. The van der Waals surface area contributed by atoms with Crippen LogP contribution in [0.15, 0.2) is 152 Å². The first-order valence-electron chi connectivity index (χ1n) is 26.0. The SMILES string of the molecule is CC(C)[Si](O[C@]12C[C@]3(C)O[C@H](O1)[C@@]1(COC(=O)c4ccccc4)[C@H]2C[C@@]13O[C@@H]1O[C@H](COCc2ccccc2)[C@@H](OCc2ccccc2)[C@H](OCc2ccccc2)[C@H]1OCc1ccccc1)(C(C)C)C(C)C. The number of ether oxygens (including phenoxy) is 9. The average molecular weight is 997 g/mol. The van der Waals surface area contributed by atoms with Gasteiger partial charge < -0.3 is 47.1 Å². The summed E-state index contributed by atoms with van der Waals surface area (Å²) in [6.07, 6.45) is -3.77. The van der Waals surface area contributed by atoms with Crippen molar-refractivity contribution in [2.75, 3.05) is 13.2 Å². The average Bonchev–Trinajstić information content (AvgIpc) is 3.59. The fourth-order valence-electron chi connectivity index (χ4n) is 13.3. The first-order chi connectivity index (χ1) is 34.8. The molecule has 0 spiro atoms. The van der Waals surface area contributed by atoms with Crippen molar-refractivity contribution in [2.45, 2.75) is 158 Å². The van der Waals surface area contributed by atoms with Crippen LogP contribution in [0.2, 0.25) is 16.6 Å². The topological polar surface area (TPSA) is 109 Å². The van der Waals surface area contributed by atoms with Crippen LogP contribution >= 0.6 is 0 Å². The van der Waals surface area contributed by atoms with Crippen LogP contribution < -0.4 is 0 Å². The Morgan fingerprint density at radius 3 is 1.60 bits per heavy atom. The lowest BCUT2D eigenvalue weighted by Gasteiger charge is -2.69. The third kappa shape index (κ3) is 9.13. The van der Waals surface area contributed by atoms with Crippen molar-refractivity contribution in [1.29, 1.82) is 0 Å². The molecular formula is C60H72O11Si. The number of hydrogen-bond donors (Lipinski definition) is 0. The molecule has 7 aliphatic rings. The summed E-state index contributed by atoms with van der Waals surface area (Å²) in [5, 5.41) is 0. The van der Waals surface area contributed by atoms with Gasteiger partial charge in [-0.1, -0.05) is 181 Å². The molecule has 12 rings (SSSR count). The van der Waals surface area contributed by atoms with Crippen molar-refractivity contribution in [2.24, 2.45) is 11.3 Å². The van der Waals surface area contributed by atoms with E-state index in [4.69, 9.17) is 47.1 Å². The number of esters is 1. The molecule has 382 valence electrons. The second-order valence-corrected chi connectivity index (χ2v) is 27.1. The monoisotopic (exact) mass is 996 g/mol. The second kappa shape index (κ2) is 21.0. The second-order valence-electron chi connectivity index (χ2n) is 21.7. The molecule has 5 aromatic rings. The van der Waals surface area contributed by atoms with E-state index in [-0.39, 0.29) is 32.3 Å². The summed E-state index contributed by atoms with van der Waals surface area (Å²) in [5.41, 5.74) is 2.39. The standard InChI is InChI=1S/C60H72O11Si/c1-41(2)72(42(3)4,43(5)6)71-59-39-57(7)60(33-50(59)58(60,56(69-57)70-59)40-66-54(61)48-31-21-12-22-32-48)68-55-53(65-37-47-29-19-11-20-30-47)52(64-36-46-27-17-10-18-28-46)51(63-35-45-25-15-9-16-26-45)49(67-55)38-62-34-44-23-13-8-14-24-44/h8-32,41-43,49-53,55-56H,33-40H2,1-7H3/t49-,50-,51-,52+,53-,55+,56-,57+,58-,59+,60+/m1/s1. The Morgan fingerprint density at radius 2 is 1.08 bits per heavy atom. The molecule has 5 aromatic carbocycles. The van der Waals surface area contributed by atoms with E-state index in [1.807, 2.05) is 115 Å². The van der Waals surface area contributed by atoms with Crippen molar-refractivity contribution < 1.29 is 51.9 Å². The number of carbonyl (C=O) groups is 1. The maximum Gasteiger partial charge on any atom is 0.338 e. The van der Waals surface area contributed by atoms with Gasteiger partial charge in [-0.15, -0.1) is 0 Å². The van der Waals surface area contributed by atoms with Crippen molar-refractivity contribution >= 4 is 14.3 Å². The lowest BCUT2D eigenvalue weighted by molar-refractivity contribution is -0.425. The van der Waals surface area contributed by atoms with Crippen LogP contribution in [0.5, 0.6) is 0 Å². The van der Waals surface area contributed by atoms with Gasteiger partial charge in [0.1, 0.15) is 42.2 Å². The predicted molar refractivity (Wildman–Crippen MR) is 275 cm³/mol. The Balaban J connectivity index is 1.06. The molecule has 0 amide bonds. The van der Waals surface area contributed by atoms with E-state index in [2.05, 4.69) is 72.7 Å². The van der Waals surface area contributed by atoms with E-state index in [0.29, 0.717) is 48.2 Å². The van der Waals surface area contributed by atoms with Crippen LogP contribution in [0.1, 0.15) is 93.9 Å². The minimum Gasteiger partial charge on any atom is -0.461 e. The van der Waals surface area contributed by atoms with Crippen LogP contribution in [0.4, 0.5) is 0 Å². The molecule has 4 heterocycles. The molecule has 4 saturated heterocycles. The normalized spacial score (nSPS) is 31.3. The molecule has 7 fully saturated rings. The van der Waals surface area contributed by atoms with Crippen molar-refractivity contribution in [3.05, 3.63) is 179 Å². The van der Waals surface area contributed by atoms with Crippen molar-refractivity contribution in [1.82, 2.24) is 0 Å². The zero-order chi connectivity index (χ0) is 50.1. The largest absolute Gasteiger partial charge is 0.461 e. The summed E-state index contributed by atoms with van der Waals surface area (Å²) in [7, 11) is -2.54. The molecule has 12 heteroatoms. The minimum absolute atomic E-state index is 0.0149. The van der Waals surface area contributed by atoms with Gasteiger partial charge in [-0.05, 0) is 64.4 Å². The summed E-state index contributed by atoms with van der Waals surface area (Å²) >= 11 is 0. The fourth-order valence-corrected chi connectivity index (χ4v) is 18.9. The molecule has 4 aliphatic heterocycles. The Bertz CT molecular complexity index is 2530. The molecule has 0 unspecified atom stereocenters. The Hall–Kier alpha value is -4.57. The van der Waals surface area contributed by atoms with Crippen molar-refractivity contribution in [3.8, 4) is 0 Å². The Labute approximate surface area is 426 Å². The third-order valence-electron chi connectivity index (χ3n) is 16.6. The summed E-state index contributed by atoms with van der Waals surface area (Å²) in [6.45, 7) is 17.3. The molecular weight excluding hydrogens is 925 g/mol. The molecule has 3 saturated carbocycles. The lowest BCUT2D eigenvalue weighted by Crippen LogP contribution is -2.82. The molecule has 0 radical (unpaired) electrons. The van der Waals surface area contributed by atoms with Gasteiger partial charge >= 0.3 is 5.97 Å². The number of carbonyl (C=O) groups excluding carboxylic acids is 1. The van der Waals surface area contributed by atoms with E-state index in [0.717, 1.165) is 22.3 Å². The van der Waals surface area contributed by atoms with Gasteiger partial charge in [0.05, 0.1) is 44.0 Å². The smallest absolute Gasteiger partial charge is 0.338 e. The molecule has 0 N–H and O–H groups in total. The van der Waals surface area contributed by atoms with Gasteiger partial charge in [0.2, 0.25) is 8.32 Å². The van der Waals surface area contributed by atoms with E-state index in [1.165, 1.54) is 0 Å². The number of rotatable bonds is 23. The molecule has 72 heavy (non-hydrogen) atoms. The Morgan fingerprint density at radius 1 is 0.611 bits per heavy atom.